The summed E-state index contributed by atoms with van der Waals surface area (Å²) in [6, 6.07) is 15.2. The van der Waals surface area contributed by atoms with Crippen molar-refractivity contribution >= 4 is 11.5 Å². The molecule has 1 aliphatic heterocycles. The van der Waals surface area contributed by atoms with Gasteiger partial charge in [0.05, 0.1) is 11.4 Å². The van der Waals surface area contributed by atoms with Crippen LogP contribution in [0.25, 0.3) is 16.9 Å². The third-order valence-corrected chi connectivity index (χ3v) is 4.82. The maximum atomic E-state index is 4.82. The number of hydrogen-bond donors (Lipinski definition) is 0. The second-order valence-electron chi connectivity index (χ2n) is 6.77. The number of benzene rings is 1. The number of aryl methyl sites for hydroxylation is 1. The molecule has 0 unspecified atom stereocenters. The van der Waals surface area contributed by atoms with Crippen molar-refractivity contribution < 1.29 is 0 Å². The minimum Gasteiger partial charge on any atom is -0.355 e. The highest BCUT2D eigenvalue weighted by Crippen LogP contribution is 2.27. The number of rotatable bonds is 3. The highest BCUT2D eigenvalue weighted by molar-refractivity contribution is 5.67. The molecule has 1 aromatic carbocycles. The molecule has 1 fully saturated rings. The molecule has 0 N–H and O–H groups in total. The molecule has 1 atom stereocenters. The minimum absolute atomic E-state index is 0.588. The van der Waals surface area contributed by atoms with Gasteiger partial charge in [0.15, 0.2) is 5.65 Å². The minimum atomic E-state index is 0.588. The van der Waals surface area contributed by atoms with Gasteiger partial charge in [0.25, 0.3) is 0 Å². The van der Waals surface area contributed by atoms with Crippen LogP contribution >= 0.6 is 0 Å². The number of aromatic nitrogens is 3. The van der Waals surface area contributed by atoms with Crippen molar-refractivity contribution in [2.75, 3.05) is 32.1 Å². The van der Waals surface area contributed by atoms with E-state index >= 15 is 0 Å². The van der Waals surface area contributed by atoms with Crippen LogP contribution in [-0.4, -0.2) is 52.7 Å². The van der Waals surface area contributed by atoms with Gasteiger partial charge in [-0.1, -0.05) is 30.3 Å². The molecule has 1 aliphatic rings. The van der Waals surface area contributed by atoms with Crippen molar-refractivity contribution in [3.63, 3.8) is 0 Å². The molecule has 0 spiro atoms. The predicted molar refractivity (Wildman–Crippen MR) is 97.5 cm³/mol. The Morgan fingerprint density at radius 1 is 1.12 bits per heavy atom. The first kappa shape index (κ1) is 15.1. The van der Waals surface area contributed by atoms with Crippen molar-refractivity contribution in [2.45, 2.75) is 19.4 Å². The molecular formula is C19H23N5. The van der Waals surface area contributed by atoms with Gasteiger partial charge in [0.2, 0.25) is 0 Å². The van der Waals surface area contributed by atoms with Gasteiger partial charge in [-0.3, -0.25) is 0 Å². The first-order valence-electron chi connectivity index (χ1n) is 8.46. The number of likely N-dealkylation sites (N-methyl/N-ethyl adjacent to an activating group) is 1. The molecule has 5 nitrogen and oxygen atoms in total. The van der Waals surface area contributed by atoms with Gasteiger partial charge in [-0.2, -0.15) is 9.61 Å². The second-order valence-corrected chi connectivity index (χ2v) is 6.77. The molecule has 24 heavy (non-hydrogen) atoms. The van der Waals surface area contributed by atoms with Crippen LogP contribution in [0.5, 0.6) is 0 Å². The van der Waals surface area contributed by atoms with Crippen molar-refractivity contribution in [1.82, 2.24) is 19.5 Å². The van der Waals surface area contributed by atoms with Crippen LogP contribution in [0.3, 0.4) is 0 Å². The summed E-state index contributed by atoms with van der Waals surface area (Å²) in [5.74, 6) is 1.14. The van der Waals surface area contributed by atoms with Crippen LogP contribution < -0.4 is 4.90 Å². The molecule has 0 amide bonds. The van der Waals surface area contributed by atoms with E-state index in [1.807, 2.05) is 17.5 Å². The number of nitrogens with zero attached hydrogens (tertiary/aromatic N) is 5. The van der Waals surface area contributed by atoms with E-state index in [2.05, 4.69) is 65.4 Å². The van der Waals surface area contributed by atoms with Crippen molar-refractivity contribution in [1.29, 1.82) is 0 Å². The van der Waals surface area contributed by atoms with E-state index in [9.17, 15) is 0 Å². The van der Waals surface area contributed by atoms with Crippen LogP contribution in [-0.2, 0) is 0 Å². The Morgan fingerprint density at radius 3 is 2.62 bits per heavy atom. The molecule has 5 heteroatoms. The monoisotopic (exact) mass is 321 g/mol. The van der Waals surface area contributed by atoms with Crippen LogP contribution in [0.15, 0.2) is 42.5 Å². The fourth-order valence-electron chi connectivity index (χ4n) is 3.43. The Balaban J connectivity index is 1.81. The molecule has 0 aliphatic carbocycles. The molecule has 124 valence electrons. The van der Waals surface area contributed by atoms with E-state index in [-0.39, 0.29) is 0 Å². The van der Waals surface area contributed by atoms with Crippen LogP contribution in [0.4, 0.5) is 5.82 Å². The molecule has 1 saturated heterocycles. The lowest BCUT2D eigenvalue weighted by atomic mass is 10.1. The zero-order chi connectivity index (χ0) is 16.7. The van der Waals surface area contributed by atoms with Crippen molar-refractivity contribution in [2.24, 2.45) is 0 Å². The summed E-state index contributed by atoms with van der Waals surface area (Å²) in [7, 11) is 4.31. The van der Waals surface area contributed by atoms with E-state index in [4.69, 9.17) is 4.98 Å². The molecule has 0 saturated carbocycles. The average molecular weight is 321 g/mol. The standard InChI is InChI=1S/C19H23N5/c1-14-11-18-20-17(15-7-5-4-6-8-15)12-19(24(18)21-14)23-10-9-16(13-23)22(2)3/h4-8,11-12,16H,9-10,13H2,1-3H3/t16-/m1/s1. The Labute approximate surface area is 142 Å². The second kappa shape index (κ2) is 5.91. The number of hydrogen-bond acceptors (Lipinski definition) is 4. The van der Waals surface area contributed by atoms with Gasteiger partial charge in [0.1, 0.15) is 5.82 Å². The smallest absolute Gasteiger partial charge is 0.158 e. The Morgan fingerprint density at radius 2 is 1.92 bits per heavy atom. The average Bonchev–Trinajstić information content (AvgIpc) is 3.20. The topological polar surface area (TPSA) is 36.7 Å². The Hall–Kier alpha value is -2.40. The lowest BCUT2D eigenvalue weighted by Gasteiger charge is -2.22. The summed E-state index contributed by atoms with van der Waals surface area (Å²) in [5.41, 5.74) is 4.06. The lowest BCUT2D eigenvalue weighted by molar-refractivity contribution is 0.315. The number of fused-ring (bicyclic) bond motifs is 1. The summed E-state index contributed by atoms with van der Waals surface area (Å²) in [6.45, 7) is 4.10. The molecular weight excluding hydrogens is 298 g/mol. The lowest BCUT2D eigenvalue weighted by Crippen LogP contribution is -2.32. The molecule has 0 bridgehead atoms. The number of anilines is 1. The van der Waals surface area contributed by atoms with Gasteiger partial charge >= 0.3 is 0 Å². The van der Waals surface area contributed by atoms with Crippen molar-refractivity contribution in [3.8, 4) is 11.3 Å². The fraction of sp³-hybridized carbons (Fsp3) is 0.368. The van der Waals surface area contributed by atoms with Crippen LogP contribution in [0.2, 0.25) is 0 Å². The Bertz CT molecular complexity index is 853. The molecule has 4 rings (SSSR count). The highest BCUT2D eigenvalue weighted by Gasteiger charge is 2.26. The summed E-state index contributed by atoms with van der Waals surface area (Å²) < 4.78 is 1.99. The summed E-state index contributed by atoms with van der Waals surface area (Å²) in [6.07, 6.45) is 1.18. The fourth-order valence-corrected chi connectivity index (χ4v) is 3.43. The third-order valence-electron chi connectivity index (χ3n) is 4.82. The largest absolute Gasteiger partial charge is 0.355 e. The first-order valence-corrected chi connectivity index (χ1v) is 8.46. The zero-order valence-corrected chi connectivity index (χ0v) is 14.5. The molecule has 3 aromatic rings. The molecule has 0 radical (unpaired) electrons. The quantitative estimate of drug-likeness (QED) is 0.743. The van der Waals surface area contributed by atoms with Crippen molar-refractivity contribution in [3.05, 3.63) is 48.2 Å². The molecule has 2 aromatic heterocycles. The normalized spacial score (nSPS) is 18.0. The maximum Gasteiger partial charge on any atom is 0.158 e. The van der Waals surface area contributed by atoms with E-state index in [0.717, 1.165) is 41.5 Å². The van der Waals surface area contributed by atoms with E-state index in [1.165, 1.54) is 6.42 Å². The van der Waals surface area contributed by atoms with Crippen LogP contribution in [0.1, 0.15) is 12.1 Å². The van der Waals surface area contributed by atoms with Gasteiger partial charge in [-0.05, 0) is 27.4 Å². The first-order chi connectivity index (χ1) is 11.6. The molecule has 3 heterocycles. The summed E-state index contributed by atoms with van der Waals surface area (Å²) in [5, 5.41) is 4.66. The third kappa shape index (κ3) is 2.65. The van der Waals surface area contributed by atoms with E-state index in [0.29, 0.717) is 6.04 Å². The maximum absolute atomic E-state index is 4.82. The Kier molecular flexibility index (Phi) is 3.73. The van der Waals surface area contributed by atoms with Gasteiger partial charge in [-0.15, -0.1) is 0 Å². The van der Waals surface area contributed by atoms with Gasteiger partial charge in [0, 0.05) is 36.8 Å². The summed E-state index contributed by atoms with van der Waals surface area (Å²) in [4.78, 5) is 9.56. The predicted octanol–water partition coefficient (Wildman–Crippen LogP) is 2.85. The highest BCUT2D eigenvalue weighted by atomic mass is 15.4. The van der Waals surface area contributed by atoms with Gasteiger partial charge < -0.3 is 9.80 Å². The van der Waals surface area contributed by atoms with Crippen LogP contribution in [0, 0.1) is 6.92 Å². The SMILES string of the molecule is Cc1cc2nc(-c3ccccc3)cc(N3CC[C@@H](N(C)C)C3)n2n1. The van der Waals surface area contributed by atoms with Gasteiger partial charge in [-0.25, -0.2) is 4.98 Å². The van der Waals surface area contributed by atoms with E-state index in [1.54, 1.807) is 0 Å². The van der Waals surface area contributed by atoms with E-state index < -0.39 is 0 Å². The summed E-state index contributed by atoms with van der Waals surface area (Å²) >= 11 is 0. The zero-order valence-electron chi connectivity index (χ0n) is 14.5.